The molecule has 0 heterocycles. The maximum atomic E-state index is 12.6. The first-order chi connectivity index (χ1) is 12.4. The molecule has 5 nitrogen and oxygen atoms in total. The lowest BCUT2D eigenvalue weighted by Gasteiger charge is -2.27. The Morgan fingerprint density at radius 3 is 2.46 bits per heavy atom. The van der Waals surface area contributed by atoms with Gasteiger partial charge >= 0.3 is 0 Å². The lowest BCUT2D eigenvalue weighted by atomic mass is 10.1. The van der Waals surface area contributed by atoms with E-state index in [1.807, 2.05) is 27.9 Å². The van der Waals surface area contributed by atoms with Crippen molar-refractivity contribution in [2.75, 3.05) is 30.9 Å². The van der Waals surface area contributed by atoms with E-state index in [-0.39, 0.29) is 11.9 Å². The Bertz CT molecular complexity index is 777. The molecular formula is C21H26N4O. The molecule has 0 spiro atoms. The van der Waals surface area contributed by atoms with E-state index in [1.54, 1.807) is 24.3 Å². The third-order valence-corrected chi connectivity index (χ3v) is 4.43. The van der Waals surface area contributed by atoms with Gasteiger partial charge in [-0.2, -0.15) is 5.26 Å². The van der Waals surface area contributed by atoms with Crippen LogP contribution in [0, 0.1) is 11.3 Å². The minimum absolute atomic E-state index is 0.0770. The maximum absolute atomic E-state index is 12.6. The average molecular weight is 350 g/mol. The van der Waals surface area contributed by atoms with Crippen LogP contribution in [0.3, 0.4) is 0 Å². The predicted octanol–water partition coefficient (Wildman–Crippen LogP) is 3.47. The van der Waals surface area contributed by atoms with Crippen molar-refractivity contribution in [3.8, 4) is 6.07 Å². The standard InChI is InChI=1S/C21H26N4O/c1-5-25(15-17-9-11-20(12-10-17)24(3)4)16(2)21(26)23-19-8-6-7-18(13-19)14-22/h6-13,16H,5,15H2,1-4H3,(H,23,26)/t16-/m1/s1. The Morgan fingerprint density at radius 1 is 1.19 bits per heavy atom. The number of carbonyl (C=O) groups excluding carboxylic acids is 1. The molecule has 0 aliphatic heterocycles. The molecule has 0 saturated carbocycles. The molecule has 0 saturated heterocycles. The Labute approximate surface area is 155 Å². The SMILES string of the molecule is CCN(Cc1ccc(N(C)C)cc1)[C@H](C)C(=O)Nc1cccc(C#N)c1. The third-order valence-electron chi connectivity index (χ3n) is 4.43. The van der Waals surface area contributed by atoms with Gasteiger partial charge in [-0.15, -0.1) is 0 Å². The number of likely N-dealkylation sites (N-methyl/N-ethyl adjacent to an activating group) is 1. The molecule has 0 fully saturated rings. The molecule has 26 heavy (non-hydrogen) atoms. The molecule has 0 radical (unpaired) electrons. The van der Waals surface area contributed by atoms with Gasteiger partial charge in [-0.3, -0.25) is 9.69 Å². The number of nitriles is 1. The molecule has 1 atom stereocenters. The van der Waals surface area contributed by atoms with Crippen LogP contribution in [-0.4, -0.2) is 37.5 Å². The number of anilines is 2. The summed E-state index contributed by atoms with van der Waals surface area (Å²) >= 11 is 0. The van der Waals surface area contributed by atoms with Crippen LogP contribution >= 0.6 is 0 Å². The summed E-state index contributed by atoms with van der Waals surface area (Å²) in [5.74, 6) is -0.0770. The van der Waals surface area contributed by atoms with E-state index >= 15 is 0 Å². The highest BCUT2D eigenvalue weighted by Gasteiger charge is 2.20. The van der Waals surface area contributed by atoms with Crippen LogP contribution < -0.4 is 10.2 Å². The Balaban J connectivity index is 2.03. The lowest BCUT2D eigenvalue weighted by molar-refractivity contribution is -0.120. The van der Waals surface area contributed by atoms with Gasteiger partial charge in [0.25, 0.3) is 0 Å². The molecule has 1 amide bonds. The number of amides is 1. The van der Waals surface area contributed by atoms with Crippen LogP contribution in [0.25, 0.3) is 0 Å². The smallest absolute Gasteiger partial charge is 0.241 e. The Kier molecular flexibility index (Phi) is 6.76. The van der Waals surface area contributed by atoms with Crippen molar-refractivity contribution in [3.05, 3.63) is 59.7 Å². The normalized spacial score (nSPS) is 11.7. The first-order valence-corrected chi connectivity index (χ1v) is 8.76. The molecule has 2 aromatic carbocycles. The molecule has 5 heteroatoms. The van der Waals surface area contributed by atoms with Crippen molar-refractivity contribution >= 4 is 17.3 Å². The van der Waals surface area contributed by atoms with Gasteiger partial charge in [0.2, 0.25) is 5.91 Å². The van der Waals surface area contributed by atoms with Crippen LogP contribution in [0.4, 0.5) is 11.4 Å². The van der Waals surface area contributed by atoms with Gasteiger partial charge < -0.3 is 10.2 Å². The second-order valence-corrected chi connectivity index (χ2v) is 6.48. The molecule has 1 N–H and O–H groups in total. The van der Waals surface area contributed by atoms with E-state index in [1.165, 1.54) is 5.56 Å². The lowest BCUT2D eigenvalue weighted by Crippen LogP contribution is -2.41. The van der Waals surface area contributed by atoms with Gasteiger partial charge in [0.05, 0.1) is 17.7 Å². The number of nitrogens with zero attached hydrogens (tertiary/aromatic N) is 3. The molecule has 136 valence electrons. The zero-order valence-corrected chi connectivity index (χ0v) is 15.9. The Morgan fingerprint density at radius 2 is 1.88 bits per heavy atom. The van der Waals surface area contributed by atoms with Crippen molar-refractivity contribution in [1.82, 2.24) is 4.90 Å². The van der Waals surface area contributed by atoms with Crippen LogP contribution in [-0.2, 0) is 11.3 Å². The van der Waals surface area contributed by atoms with E-state index in [9.17, 15) is 4.79 Å². The summed E-state index contributed by atoms with van der Waals surface area (Å²) in [5, 5.41) is 11.9. The van der Waals surface area contributed by atoms with E-state index in [0.29, 0.717) is 17.8 Å². The van der Waals surface area contributed by atoms with Crippen molar-refractivity contribution in [3.63, 3.8) is 0 Å². The fourth-order valence-electron chi connectivity index (χ4n) is 2.74. The van der Waals surface area contributed by atoms with Gasteiger partial charge in [-0.1, -0.05) is 25.1 Å². The van der Waals surface area contributed by atoms with Crippen molar-refractivity contribution in [2.45, 2.75) is 26.4 Å². The fourth-order valence-corrected chi connectivity index (χ4v) is 2.74. The van der Waals surface area contributed by atoms with Crippen LogP contribution in [0.2, 0.25) is 0 Å². The number of carbonyl (C=O) groups is 1. The molecular weight excluding hydrogens is 324 g/mol. The van der Waals surface area contributed by atoms with E-state index in [0.717, 1.165) is 12.2 Å². The van der Waals surface area contributed by atoms with E-state index in [2.05, 4.69) is 45.5 Å². The van der Waals surface area contributed by atoms with Gasteiger partial charge in [0.15, 0.2) is 0 Å². The van der Waals surface area contributed by atoms with Gasteiger partial charge in [-0.25, -0.2) is 0 Å². The van der Waals surface area contributed by atoms with Gasteiger partial charge in [0, 0.05) is 32.0 Å². The zero-order valence-electron chi connectivity index (χ0n) is 15.9. The highest BCUT2D eigenvalue weighted by Crippen LogP contribution is 2.16. The first-order valence-electron chi connectivity index (χ1n) is 8.76. The van der Waals surface area contributed by atoms with Crippen molar-refractivity contribution in [1.29, 1.82) is 5.26 Å². The molecule has 0 aromatic heterocycles. The van der Waals surface area contributed by atoms with Gasteiger partial charge in [-0.05, 0) is 49.4 Å². The van der Waals surface area contributed by atoms with E-state index < -0.39 is 0 Å². The monoisotopic (exact) mass is 350 g/mol. The minimum atomic E-state index is -0.278. The first kappa shape index (κ1) is 19.5. The summed E-state index contributed by atoms with van der Waals surface area (Å²) in [6, 6.07) is 17.1. The average Bonchev–Trinajstić information content (AvgIpc) is 2.66. The summed E-state index contributed by atoms with van der Waals surface area (Å²) in [5.41, 5.74) is 3.50. The molecule has 0 aliphatic carbocycles. The summed E-state index contributed by atoms with van der Waals surface area (Å²) in [4.78, 5) is 16.8. The van der Waals surface area contributed by atoms with Crippen LogP contribution in [0.5, 0.6) is 0 Å². The predicted molar refractivity (Wildman–Crippen MR) is 106 cm³/mol. The second-order valence-electron chi connectivity index (χ2n) is 6.48. The number of hydrogen-bond donors (Lipinski definition) is 1. The molecule has 0 aliphatic rings. The Hall–Kier alpha value is -2.84. The molecule has 2 aromatic rings. The van der Waals surface area contributed by atoms with Gasteiger partial charge in [0.1, 0.15) is 0 Å². The maximum Gasteiger partial charge on any atom is 0.241 e. The summed E-state index contributed by atoms with van der Waals surface area (Å²) in [6.45, 7) is 5.43. The summed E-state index contributed by atoms with van der Waals surface area (Å²) in [6.07, 6.45) is 0. The number of nitrogens with one attached hydrogen (secondary N) is 1. The summed E-state index contributed by atoms with van der Waals surface area (Å²) < 4.78 is 0. The second kappa shape index (κ2) is 9.02. The number of hydrogen-bond acceptors (Lipinski definition) is 4. The quantitative estimate of drug-likeness (QED) is 0.831. The topological polar surface area (TPSA) is 59.4 Å². The summed E-state index contributed by atoms with van der Waals surface area (Å²) in [7, 11) is 4.03. The minimum Gasteiger partial charge on any atom is -0.378 e. The molecule has 0 bridgehead atoms. The van der Waals surface area contributed by atoms with Crippen molar-refractivity contribution in [2.24, 2.45) is 0 Å². The fraction of sp³-hybridized carbons (Fsp3) is 0.333. The largest absolute Gasteiger partial charge is 0.378 e. The number of rotatable bonds is 7. The van der Waals surface area contributed by atoms with Crippen LogP contribution in [0.15, 0.2) is 48.5 Å². The van der Waals surface area contributed by atoms with Crippen molar-refractivity contribution < 1.29 is 4.79 Å². The molecule has 2 rings (SSSR count). The zero-order chi connectivity index (χ0) is 19.1. The highest BCUT2D eigenvalue weighted by molar-refractivity contribution is 5.94. The number of benzene rings is 2. The van der Waals surface area contributed by atoms with Crippen LogP contribution in [0.1, 0.15) is 25.0 Å². The highest BCUT2D eigenvalue weighted by atomic mass is 16.2. The third kappa shape index (κ3) is 5.08. The molecule has 0 unspecified atom stereocenters. The van der Waals surface area contributed by atoms with E-state index in [4.69, 9.17) is 5.26 Å².